The largest absolute Gasteiger partial charge is 0.303 e. The van der Waals surface area contributed by atoms with Gasteiger partial charge in [-0.1, -0.05) is 50.6 Å². The molecule has 1 heteroatoms. The van der Waals surface area contributed by atoms with E-state index in [-0.39, 0.29) is 0 Å². The van der Waals surface area contributed by atoms with Crippen LogP contribution in [0.3, 0.4) is 0 Å². The van der Waals surface area contributed by atoms with E-state index in [0.29, 0.717) is 0 Å². The molecule has 0 radical (unpaired) electrons. The van der Waals surface area contributed by atoms with E-state index in [0.717, 1.165) is 17.8 Å². The normalized spacial score (nSPS) is 25.7. The first kappa shape index (κ1) is 12.6. The monoisotopic (exact) mass is 231 g/mol. The molecule has 1 fully saturated rings. The van der Waals surface area contributed by atoms with Crippen LogP contribution < -0.4 is 0 Å². The van der Waals surface area contributed by atoms with Crippen LogP contribution in [0.5, 0.6) is 0 Å². The highest BCUT2D eigenvalue weighted by Crippen LogP contribution is 2.36. The van der Waals surface area contributed by atoms with Crippen LogP contribution >= 0.6 is 0 Å². The third kappa shape index (κ3) is 2.71. The van der Waals surface area contributed by atoms with E-state index in [1.807, 2.05) is 0 Å². The quantitative estimate of drug-likeness (QED) is 0.767. The van der Waals surface area contributed by atoms with Crippen LogP contribution in [0.25, 0.3) is 0 Å². The summed E-state index contributed by atoms with van der Waals surface area (Å²) < 4.78 is 0. The first-order valence-corrected chi connectivity index (χ1v) is 6.90. The molecule has 2 atom stereocenters. The zero-order chi connectivity index (χ0) is 12.4. The summed E-state index contributed by atoms with van der Waals surface area (Å²) in [6.07, 6.45) is 0. The average Bonchev–Trinajstić information content (AvgIpc) is 2.74. The summed E-state index contributed by atoms with van der Waals surface area (Å²) in [5.41, 5.74) is 2.89. The molecule has 0 aliphatic carbocycles. The summed E-state index contributed by atoms with van der Waals surface area (Å²) in [5, 5.41) is 0. The van der Waals surface area contributed by atoms with Gasteiger partial charge in [0.2, 0.25) is 0 Å². The Kier molecular flexibility index (Phi) is 3.88. The Morgan fingerprint density at radius 1 is 1.18 bits per heavy atom. The summed E-state index contributed by atoms with van der Waals surface area (Å²) in [6.45, 7) is 12.9. The van der Waals surface area contributed by atoms with Gasteiger partial charge in [-0.2, -0.15) is 0 Å². The molecule has 0 spiro atoms. The molecule has 1 saturated heterocycles. The Morgan fingerprint density at radius 2 is 1.82 bits per heavy atom. The van der Waals surface area contributed by atoms with Crippen LogP contribution in [-0.2, 0) is 0 Å². The van der Waals surface area contributed by atoms with Gasteiger partial charge in [-0.25, -0.2) is 0 Å². The maximum atomic E-state index is 2.59. The van der Waals surface area contributed by atoms with Crippen molar-refractivity contribution in [2.45, 2.75) is 33.6 Å². The molecule has 0 N–H and O–H groups in total. The second-order valence-electron chi connectivity index (χ2n) is 5.78. The van der Waals surface area contributed by atoms with Gasteiger partial charge < -0.3 is 4.90 Å². The molecule has 0 amide bonds. The van der Waals surface area contributed by atoms with E-state index < -0.39 is 0 Å². The Balaban J connectivity index is 2.20. The Bertz CT molecular complexity index is 352. The maximum Gasteiger partial charge on any atom is 0.00535 e. The van der Waals surface area contributed by atoms with Gasteiger partial charge in [0.15, 0.2) is 0 Å². The molecule has 17 heavy (non-hydrogen) atoms. The van der Waals surface area contributed by atoms with Gasteiger partial charge in [0.1, 0.15) is 0 Å². The lowest BCUT2D eigenvalue weighted by Gasteiger charge is -2.22. The smallest absolute Gasteiger partial charge is 0.00535 e. The minimum Gasteiger partial charge on any atom is -0.303 e. The molecule has 0 aromatic heterocycles. The third-order valence-electron chi connectivity index (χ3n) is 4.25. The predicted octanol–water partition coefficient (Wildman–Crippen LogP) is 3.69. The summed E-state index contributed by atoms with van der Waals surface area (Å²) in [5.74, 6) is 2.33. The number of hydrogen-bond donors (Lipinski definition) is 0. The van der Waals surface area contributed by atoms with Crippen molar-refractivity contribution in [3.63, 3.8) is 0 Å². The Morgan fingerprint density at radius 3 is 2.35 bits per heavy atom. The van der Waals surface area contributed by atoms with Gasteiger partial charge in [0.25, 0.3) is 0 Å². The van der Waals surface area contributed by atoms with Gasteiger partial charge >= 0.3 is 0 Å². The van der Waals surface area contributed by atoms with E-state index in [1.54, 1.807) is 0 Å². The van der Waals surface area contributed by atoms with Crippen LogP contribution in [0.2, 0.25) is 0 Å². The number of hydrogen-bond acceptors (Lipinski definition) is 1. The number of likely N-dealkylation sites (tertiary alicyclic amines) is 1. The molecular weight excluding hydrogens is 206 g/mol. The molecule has 2 rings (SSSR count). The molecule has 1 nitrogen and oxygen atoms in total. The number of aryl methyl sites for hydroxylation is 1. The van der Waals surface area contributed by atoms with Crippen molar-refractivity contribution in [2.75, 3.05) is 19.6 Å². The van der Waals surface area contributed by atoms with Gasteiger partial charge in [-0.3, -0.25) is 0 Å². The first-order chi connectivity index (χ1) is 8.11. The van der Waals surface area contributed by atoms with Crippen LogP contribution in [0.1, 0.15) is 37.8 Å². The summed E-state index contributed by atoms with van der Waals surface area (Å²) in [4.78, 5) is 2.59. The molecule has 1 heterocycles. The van der Waals surface area contributed by atoms with E-state index >= 15 is 0 Å². The lowest BCUT2D eigenvalue weighted by molar-refractivity contribution is 0.315. The molecule has 0 bridgehead atoms. The highest BCUT2D eigenvalue weighted by atomic mass is 15.1. The second-order valence-corrected chi connectivity index (χ2v) is 5.78. The first-order valence-electron chi connectivity index (χ1n) is 6.90. The van der Waals surface area contributed by atoms with Gasteiger partial charge in [0, 0.05) is 19.0 Å². The minimum atomic E-state index is 0.732. The lowest BCUT2D eigenvalue weighted by atomic mass is 9.82. The number of benzene rings is 1. The predicted molar refractivity (Wildman–Crippen MR) is 74.4 cm³/mol. The third-order valence-corrected chi connectivity index (χ3v) is 4.25. The number of nitrogens with zero attached hydrogens (tertiary/aromatic N) is 1. The summed E-state index contributed by atoms with van der Waals surface area (Å²) >= 11 is 0. The van der Waals surface area contributed by atoms with Crippen molar-refractivity contribution in [3.05, 3.63) is 35.4 Å². The Hall–Kier alpha value is -0.820. The fraction of sp³-hybridized carbons (Fsp3) is 0.625. The molecule has 0 unspecified atom stereocenters. The van der Waals surface area contributed by atoms with Crippen LogP contribution in [-0.4, -0.2) is 24.5 Å². The number of likely N-dealkylation sites (N-methyl/N-ethyl adjacent to an activating group) is 1. The summed E-state index contributed by atoms with van der Waals surface area (Å²) in [6, 6.07) is 9.16. The second kappa shape index (κ2) is 5.22. The van der Waals surface area contributed by atoms with E-state index in [1.165, 1.54) is 30.8 Å². The Labute approximate surface area is 106 Å². The van der Waals surface area contributed by atoms with Gasteiger partial charge in [-0.05, 0) is 30.9 Å². The lowest BCUT2D eigenvalue weighted by Crippen LogP contribution is -2.21. The van der Waals surface area contributed by atoms with Crippen molar-refractivity contribution in [1.82, 2.24) is 4.90 Å². The zero-order valence-corrected chi connectivity index (χ0v) is 11.6. The molecule has 1 aliphatic heterocycles. The van der Waals surface area contributed by atoms with Gasteiger partial charge in [0.05, 0.1) is 0 Å². The fourth-order valence-corrected chi connectivity index (χ4v) is 3.01. The van der Waals surface area contributed by atoms with Crippen LogP contribution in [0.4, 0.5) is 0 Å². The zero-order valence-electron chi connectivity index (χ0n) is 11.6. The molecule has 1 aromatic rings. The summed E-state index contributed by atoms with van der Waals surface area (Å²) in [7, 11) is 0. The van der Waals surface area contributed by atoms with Crippen LogP contribution in [0.15, 0.2) is 24.3 Å². The van der Waals surface area contributed by atoms with Gasteiger partial charge in [-0.15, -0.1) is 0 Å². The number of rotatable bonds is 3. The van der Waals surface area contributed by atoms with E-state index in [4.69, 9.17) is 0 Å². The van der Waals surface area contributed by atoms with Crippen LogP contribution in [0, 0.1) is 18.8 Å². The van der Waals surface area contributed by atoms with Crippen molar-refractivity contribution < 1.29 is 0 Å². The topological polar surface area (TPSA) is 3.24 Å². The standard InChI is InChI=1S/C16H25N/c1-5-17-10-15(12(2)3)16(11-17)14-8-6-13(4)7-9-14/h6-9,12,15-16H,5,10-11H2,1-4H3/t15-,16-/m0/s1. The fourth-order valence-electron chi connectivity index (χ4n) is 3.01. The van der Waals surface area contributed by atoms with Crippen molar-refractivity contribution in [3.8, 4) is 0 Å². The SMILES string of the molecule is CCN1C[C@@H](c2ccc(C)cc2)[C@H](C(C)C)C1. The highest BCUT2D eigenvalue weighted by molar-refractivity contribution is 5.26. The highest BCUT2D eigenvalue weighted by Gasteiger charge is 2.34. The van der Waals surface area contributed by atoms with Crippen molar-refractivity contribution in [1.29, 1.82) is 0 Å². The average molecular weight is 231 g/mol. The molecule has 94 valence electrons. The van der Waals surface area contributed by atoms with Crippen molar-refractivity contribution in [2.24, 2.45) is 11.8 Å². The minimum absolute atomic E-state index is 0.732. The molecule has 0 saturated carbocycles. The van der Waals surface area contributed by atoms with E-state index in [2.05, 4.69) is 56.9 Å². The molecular formula is C16H25N. The molecule has 1 aromatic carbocycles. The van der Waals surface area contributed by atoms with E-state index in [9.17, 15) is 0 Å². The molecule has 1 aliphatic rings. The van der Waals surface area contributed by atoms with Crippen molar-refractivity contribution >= 4 is 0 Å². The maximum absolute atomic E-state index is 2.59.